The Morgan fingerprint density at radius 2 is 1.97 bits per heavy atom. The smallest absolute Gasteiger partial charge is 0.261 e. The molecule has 0 radical (unpaired) electrons. The van der Waals surface area contributed by atoms with Gasteiger partial charge in [0, 0.05) is 60.0 Å². The van der Waals surface area contributed by atoms with Crippen LogP contribution in [-0.4, -0.2) is 54.0 Å². The lowest BCUT2D eigenvalue weighted by Gasteiger charge is -2.15. The Morgan fingerprint density at radius 3 is 2.79 bits per heavy atom. The summed E-state index contributed by atoms with van der Waals surface area (Å²) in [6.45, 7) is 0.423. The molecule has 0 saturated carbocycles. The number of nitrogens with zero attached hydrogens (tertiary/aromatic N) is 5. The van der Waals surface area contributed by atoms with Crippen LogP contribution in [0.4, 0.5) is 13.2 Å². The van der Waals surface area contributed by atoms with Gasteiger partial charge in [-0.1, -0.05) is 0 Å². The van der Waals surface area contributed by atoms with Crippen LogP contribution in [0.5, 0.6) is 0 Å². The van der Waals surface area contributed by atoms with Crippen LogP contribution in [0.1, 0.15) is 12.0 Å². The molecule has 5 aromatic heterocycles. The molecule has 1 aliphatic rings. The van der Waals surface area contributed by atoms with Gasteiger partial charge in [-0.25, -0.2) is 18.2 Å². The van der Waals surface area contributed by atoms with Gasteiger partial charge in [-0.15, -0.1) is 0 Å². The monoisotopic (exact) mass is 531 g/mol. The SMILES string of the molecule is Fc1cc(-c2cncc(CN3CCC(F)(F)C3)c2)cc2c(-c3nc4c(-c5ccsc5)nccc4[nH]3)[nH]nc12. The third kappa shape index (κ3) is 4.04. The molecule has 0 bridgehead atoms. The van der Waals surface area contributed by atoms with Gasteiger partial charge >= 0.3 is 0 Å². The maximum Gasteiger partial charge on any atom is 0.261 e. The molecule has 1 aliphatic heterocycles. The summed E-state index contributed by atoms with van der Waals surface area (Å²) in [6.07, 6.45) is 4.88. The molecule has 6 heterocycles. The minimum absolute atomic E-state index is 0.141. The van der Waals surface area contributed by atoms with E-state index in [1.54, 1.807) is 34.8 Å². The van der Waals surface area contributed by atoms with Crippen LogP contribution in [-0.2, 0) is 6.54 Å². The quantitative estimate of drug-likeness (QED) is 0.274. The number of aromatic nitrogens is 6. The lowest BCUT2D eigenvalue weighted by Crippen LogP contribution is -2.24. The largest absolute Gasteiger partial charge is 0.337 e. The summed E-state index contributed by atoms with van der Waals surface area (Å²) < 4.78 is 42.4. The average molecular weight is 532 g/mol. The molecule has 2 N–H and O–H groups in total. The van der Waals surface area contributed by atoms with Crippen LogP contribution in [0.25, 0.3) is 55.8 Å². The van der Waals surface area contributed by atoms with Crippen molar-refractivity contribution in [1.82, 2.24) is 35.0 Å². The number of alkyl halides is 2. The fourth-order valence-corrected chi connectivity index (χ4v) is 5.66. The van der Waals surface area contributed by atoms with Crippen molar-refractivity contribution in [2.75, 3.05) is 13.1 Å². The zero-order chi connectivity index (χ0) is 25.9. The number of imidazole rings is 1. The van der Waals surface area contributed by atoms with E-state index in [9.17, 15) is 8.78 Å². The number of nitrogens with one attached hydrogen (secondary N) is 2. The first-order valence-corrected chi connectivity index (χ1v) is 13.0. The maximum atomic E-state index is 15.2. The van der Waals surface area contributed by atoms with Gasteiger partial charge in [-0.2, -0.15) is 16.4 Å². The molecule has 0 atom stereocenters. The number of hydrogen-bond donors (Lipinski definition) is 2. The fourth-order valence-electron chi connectivity index (χ4n) is 5.02. The van der Waals surface area contributed by atoms with Crippen molar-refractivity contribution in [3.8, 4) is 33.9 Å². The van der Waals surface area contributed by atoms with Crippen molar-refractivity contribution in [1.29, 1.82) is 0 Å². The average Bonchev–Trinajstić information content (AvgIpc) is 3.70. The first-order valence-electron chi connectivity index (χ1n) is 12.0. The van der Waals surface area contributed by atoms with E-state index < -0.39 is 11.7 Å². The van der Waals surface area contributed by atoms with Crippen LogP contribution in [0, 0.1) is 5.82 Å². The molecule has 0 amide bonds. The van der Waals surface area contributed by atoms with E-state index in [-0.39, 0.29) is 18.5 Å². The number of fused-ring (bicyclic) bond motifs is 2. The van der Waals surface area contributed by atoms with E-state index in [1.807, 2.05) is 35.0 Å². The summed E-state index contributed by atoms with van der Waals surface area (Å²) in [7, 11) is 0. The van der Waals surface area contributed by atoms with Gasteiger partial charge in [0.1, 0.15) is 16.7 Å². The van der Waals surface area contributed by atoms with Crippen molar-refractivity contribution in [3.63, 3.8) is 0 Å². The topological polar surface area (TPSA) is 86.4 Å². The molecule has 1 saturated heterocycles. The Hall–Kier alpha value is -4.09. The maximum absolute atomic E-state index is 15.2. The third-order valence-corrected chi connectivity index (χ3v) is 7.51. The normalized spacial score (nSPS) is 15.7. The van der Waals surface area contributed by atoms with E-state index in [4.69, 9.17) is 4.98 Å². The van der Waals surface area contributed by atoms with Crippen LogP contribution >= 0.6 is 11.3 Å². The molecule has 1 aromatic carbocycles. The van der Waals surface area contributed by atoms with E-state index >= 15 is 4.39 Å². The lowest BCUT2D eigenvalue weighted by molar-refractivity contribution is 0.0115. The third-order valence-electron chi connectivity index (χ3n) is 6.83. The molecule has 0 aliphatic carbocycles. The highest BCUT2D eigenvalue weighted by Crippen LogP contribution is 2.34. The Bertz CT molecular complexity index is 1790. The fraction of sp³-hybridized carbons (Fsp3) is 0.185. The van der Waals surface area contributed by atoms with Crippen LogP contribution in [0.15, 0.2) is 59.7 Å². The van der Waals surface area contributed by atoms with Crippen molar-refractivity contribution in [2.24, 2.45) is 0 Å². The number of rotatable bonds is 5. The second-order valence-electron chi connectivity index (χ2n) is 9.50. The summed E-state index contributed by atoms with van der Waals surface area (Å²) in [6, 6.07) is 8.96. The van der Waals surface area contributed by atoms with Crippen LogP contribution < -0.4 is 0 Å². The molecule has 0 spiro atoms. The molecular weight excluding hydrogens is 511 g/mol. The molecule has 7 rings (SSSR count). The number of benzene rings is 1. The summed E-state index contributed by atoms with van der Waals surface area (Å²) in [5.74, 6) is -2.62. The van der Waals surface area contributed by atoms with Crippen molar-refractivity contribution < 1.29 is 13.2 Å². The van der Waals surface area contributed by atoms with Crippen molar-refractivity contribution in [3.05, 3.63) is 71.1 Å². The molecule has 190 valence electrons. The standard InChI is InChI=1S/C27H20F3N7S/c28-20-9-17(18-7-15(10-31-11-18)12-37-5-3-27(29,30)14-37)8-19-23(20)35-36-24(19)26-33-21-1-4-32-22(25(21)34-26)16-2-6-38-13-16/h1-2,4,6-11,13H,3,5,12,14H2,(H,33,34)(H,35,36). The molecule has 6 aromatic rings. The van der Waals surface area contributed by atoms with E-state index in [1.165, 1.54) is 6.07 Å². The first kappa shape index (κ1) is 23.1. The van der Waals surface area contributed by atoms with Crippen LogP contribution in [0.3, 0.4) is 0 Å². The zero-order valence-electron chi connectivity index (χ0n) is 19.9. The number of likely N-dealkylation sites (tertiary alicyclic amines) is 1. The zero-order valence-corrected chi connectivity index (χ0v) is 20.7. The van der Waals surface area contributed by atoms with Gasteiger partial charge in [-0.3, -0.25) is 20.0 Å². The lowest BCUT2D eigenvalue weighted by atomic mass is 10.0. The Kier molecular flexibility index (Phi) is 5.31. The van der Waals surface area contributed by atoms with Gasteiger partial charge in [0.2, 0.25) is 0 Å². The van der Waals surface area contributed by atoms with E-state index in [0.717, 1.165) is 22.3 Å². The van der Waals surface area contributed by atoms with Crippen molar-refractivity contribution >= 4 is 33.3 Å². The Labute approximate surface area is 218 Å². The molecule has 11 heteroatoms. The summed E-state index contributed by atoms with van der Waals surface area (Å²) in [5, 5.41) is 11.7. The van der Waals surface area contributed by atoms with E-state index in [2.05, 4.69) is 25.1 Å². The van der Waals surface area contributed by atoms with E-state index in [0.29, 0.717) is 46.6 Å². The van der Waals surface area contributed by atoms with Gasteiger partial charge < -0.3 is 4.98 Å². The van der Waals surface area contributed by atoms with Gasteiger partial charge in [0.25, 0.3) is 5.92 Å². The molecule has 1 fully saturated rings. The first-order chi connectivity index (χ1) is 18.4. The van der Waals surface area contributed by atoms with Crippen molar-refractivity contribution in [2.45, 2.75) is 18.9 Å². The molecule has 0 unspecified atom stereocenters. The van der Waals surface area contributed by atoms with Crippen LogP contribution in [0.2, 0.25) is 0 Å². The van der Waals surface area contributed by atoms with Gasteiger partial charge in [-0.05, 0) is 46.8 Å². The molecular formula is C27H20F3N7S. The minimum atomic E-state index is -2.66. The number of H-pyrrole nitrogens is 2. The van der Waals surface area contributed by atoms with Gasteiger partial charge in [0.15, 0.2) is 11.6 Å². The highest BCUT2D eigenvalue weighted by atomic mass is 32.1. The predicted molar refractivity (Wildman–Crippen MR) is 140 cm³/mol. The Balaban J connectivity index is 1.27. The highest BCUT2D eigenvalue weighted by Gasteiger charge is 2.37. The number of pyridine rings is 2. The number of halogens is 3. The highest BCUT2D eigenvalue weighted by molar-refractivity contribution is 7.08. The molecule has 7 nitrogen and oxygen atoms in total. The number of thiophene rings is 1. The number of aromatic amines is 2. The predicted octanol–water partition coefficient (Wildman–Crippen LogP) is 6.27. The second kappa shape index (κ2) is 8.74. The summed E-state index contributed by atoms with van der Waals surface area (Å²) in [5.41, 5.74) is 6.10. The summed E-state index contributed by atoms with van der Waals surface area (Å²) >= 11 is 1.58. The number of hydrogen-bond acceptors (Lipinski definition) is 6. The van der Waals surface area contributed by atoms with Gasteiger partial charge in [0.05, 0.1) is 17.8 Å². The summed E-state index contributed by atoms with van der Waals surface area (Å²) in [4.78, 5) is 18.6. The molecule has 38 heavy (non-hydrogen) atoms. The minimum Gasteiger partial charge on any atom is -0.337 e. The Morgan fingerprint density at radius 1 is 1.05 bits per heavy atom. The second-order valence-corrected chi connectivity index (χ2v) is 10.3.